The number of halogens is 3. The molecule has 2 aromatic carbocycles. The van der Waals surface area contributed by atoms with Gasteiger partial charge in [0.15, 0.2) is 0 Å². The minimum atomic E-state index is -5.21. The van der Waals surface area contributed by atoms with Crippen LogP contribution in [0.3, 0.4) is 0 Å². The van der Waals surface area contributed by atoms with Crippen molar-refractivity contribution in [2.24, 2.45) is 5.92 Å². The maximum absolute atomic E-state index is 13.7. The fourth-order valence-electron chi connectivity index (χ4n) is 4.23. The van der Waals surface area contributed by atoms with Crippen LogP contribution in [-0.4, -0.2) is 53.9 Å². The van der Waals surface area contributed by atoms with Crippen molar-refractivity contribution >= 4 is 23.5 Å². The largest absolute Gasteiger partial charge is 0.497 e. The van der Waals surface area contributed by atoms with Gasteiger partial charge in [-0.05, 0) is 53.4 Å². The van der Waals surface area contributed by atoms with Gasteiger partial charge in [-0.3, -0.25) is 24.2 Å². The van der Waals surface area contributed by atoms with Crippen LogP contribution in [0.2, 0.25) is 0 Å². The smallest absolute Gasteiger partial charge is 0.452 e. The zero-order valence-electron chi connectivity index (χ0n) is 24.0. The monoisotopic (exact) mass is 609 g/mol. The molecule has 3 aromatic rings. The molecule has 44 heavy (non-hydrogen) atoms. The van der Waals surface area contributed by atoms with Crippen molar-refractivity contribution in [3.8, 4) is 11.8 Å². The van der Waals surface area contributed by atoms with E-state index in [0.717, 1.165) is 0 Å². The highest BCUT2D eigenvalue weighted by molar-refractivity contribution is 5.98. The summed E-state index contributed by atoms with van der Waals surface area (Å²) in [6.45, 7) is 2.68. The molecule has 0 aliphatic rings. The molecule has 0 saturated carbocycles. The summed E-state index contributed by atoms with van der Waals surface area (Å²) in [5.41, 5.74) is 0.986. The number of carbonyl (C=O) groups is 4. The second-order valence-electron chi connectivity index (χ2n) is 10.1. The first-order valence-corrected chi connectivity index (χ1v) is 13.4. The zero-order valence-corrected chi connectivity index (χ0v) is 24.0. The van der Waals surface area contributed by atoms with Gasteiger partial charge in [-0.1, -0.05) is 44.2 Å². The topological polar surface area (TPSA) is 150 Å². The third-order valence-electron chi connectivity index (χ3n) is 6.54. The van der Waals surface area contributed by atoms with E-state index in [0.29, 0.717) is 16.9 Å². The standard InChI is InChI=1S/C31H30F3N5O5/c1-18(2)25(27(40)31(32,33)34)38-30(43)26(21-10-12-22(44-3)13-11-21)39-29(42)24(16-19-7-6-8-20(15-19)17-35)37-28(41)23-9-4-5-14-36-23/h4-15,18,24-26H,16H2,1-3H3,(H,37,41)(H,38,43)(H,39,42)/t24-,25-,26-/m0/s1. The maximum Gasteiger partial charge on any atom is 0.452 e. The number of nitrogens with one attached hydrogen (secondary N) is 3. The Morgan fingerprint density at radius 1 is 0.932 bits per heavy atom. The minimum Gasteiger partial charge on any atom is -0.497 e. The zero-order chi connectivity index (χ0) is 32.4. The Hall–Kier alpha value is -5.25. The Balaban J connectivity index is 1.97. The van der Waals surface area contributed by atoms with Crippen molar-refractivity contribution in [2.75, 3.05) is 7.11 Å². The molecular weight excluding hydrogens is 579 g/mol. The van der Waals surface area contributed by atoms with Crippen LogP contribution in [-0.2, 0) is 20.8 Å². The van der Waals surface area contributed by atoms with Gasteiger partial charge in [-0.2, -0.15) is 18.4 Å². The van der Waals surface area contributed by atoms with E-state index < -0.39 is 53.7 Å². The van der Waals surface area contributed by atoms with Crippen molar-refractivity contribution in [1.82, 2.24) is 20.9 Å². The van der Waals surface area contributed by atoms with Gasteiger partial charge in [-0.25, -0.2) is 0 Å². The lowest BCUT2D eigenvalue weighted by atomic mass is 9.97. The van der Waals surface area contributed by atoms with Gasteiger partial charge in [0.25, 0.3) is 11.7 Å². The molecule has 13 heteroatoms. The predicted molar refractivity (Wildman–Crippen MR) is 152 cm³/mol. The highest BCUT2D eigenvalue weighted by Crippen LogP contribution is 2.23. The van der Waals surface area contributed by atoms with Crippen LogP contribution < -0.4 is 20.7 Å². The first-order valence-electron chi connectivity index (χ1n) is 13.4. The van der Waals surface area contributed by atoms with E-state index in [4.69, 9.17) is 4.74 Å². The van der Waals surface area contributed by atoms with Crippen molar-refractivity contribution in [2.45, 2.75) is 44.6 Å². The third-order valence-corrected chi connectivity index (χ3v) is 6.54. The molecule has 0 fully saturated rings. The van der Waals surface area contributed by atoms with E-state index in [2.05, 4.69) is 20.9 Å². The number of nitriles is 1. The molecule has 0 saturated heterocycles. The average Bonchev–Trinajstić information content (AvgIpc) is 3.01. The number of rotatable bonds is 12. The SMILES string of the molecule is COc1ccc([C@H](NC(=O)[C@H](Cc2cccc(C#N)c2)NC(=O)c2ccccn2)C(=O)N[C@H](C(=O)C(F)(F)F)C(C)C)cc1. The van der Waals surface area contributed by atoms with Crippen LogP contribution in [0.1, 0.15) is 47.1 Å². The number of methoxy groups -OCH3 is 1. The number of hydrogen-bond donors (Lipinski definition) is 3. The lowest BCUT2D eigenvalue weighted by Gasteiger charge is -2.27. The van der Waals surface area contributed by atoms with Crippen LogP contribution in [0, 0.1) is 17.2 Å². The molecule has 1 heterocycles. The molecule has 0 radical (unpaired) electrons. The average molecular weight is 610 g/mol. The lowest BCUT2D eigenvalue weighted by molar-refractivity contribution is -0.175. The molecule has 3 atom stereocenters. The van der Waals surface area contributed by atoms with Crippen LogP contribution in [0.5, 0.6) is 5.75 Å². The van der Waals surface area contributed by atoms with E-state index in [9.17, 15) is 37.6 Å². The number of amides is 3. The van der Waals surface area contributed by atoms with Crippen molar-refractivity contribution < 1.29 is 37.1 Å². The van der Waals surface area contributed by atoms with Crippen molar-refractivity contribution in [3.05, 3.63) is 95.3 Å². The van der Waals surface area contributed by atoms with Crippen LogP contribution >= 0.6 is 0 Å². The molecule has 10 nitrogen and oxygen atoms in total. The summed E-state index contributed by atoms with van der Waals surface area (Å²) in [6.07, 6.45) is -3.93. The summed E-state index contributed by atoms with van der Waals surface area (Å²) < 4.78 is 45.0. The summed E-state index contributed by atoms with van der Waals surface area (Å²) in [5.74, 6) is -5.32. The van der Waals surface area contributed by atoms with Crippen LogP contribution in [0.4, 0.5) is 13.2 Å². The van der Waals surface area contributed by atoms with Gasteiger partial charge in [0, 0.05) is 12.6 Å². The predicted octanol–water partition coefficient (Wildman–Crippen LogP) is 3.43. The molecule has 3 rings (SSSR count). The van der Waals surface area contributed by atoms with E-state index in [1.54, 1.807) is 30.3 Å². The molecule has 0 unspecified atom stereocenters. The highest BCUT2D eigenvalue weighted by atomic mass is 19.4. The van der Waals surface area contributed by atoms with Crippen molar-refractivity contribution in [1.29, 1.82) is 5.26 Å². The maximum atomic E-state index is 13.7. The Morgan fingerprint density at radius 3 is 2.20 bits per heavy atom. The van der Waals surface area contributed by atoms with Crippen LogP contribution in [0.15, 0.2) is 72.9 Å². The van der Waals surface area contributed by atoms with Gasteiger partial charge in [-0.15, -0.1) is 0 Å². The number of aromatic nitrogens is 1. The molecule has 0 bridgehead atoms. The quantitative estimate of drug-likeness (QED) is 0.285. The molecule has 3 N–H and O–H groups in total. The van der Waals surface area contributed by atoms with Gasteiger partial charge in [0.05, 0.1) is 24.8 Å². The van der Waals surface area contributed by atoms with Crippen molar-refractivity contribution in [3.63, 3.8) is 0 Å². The normalized spacial score (nSPS) is 13.1. The first-order chi connectivity index (χ1) is 20.8. The molecule has 0 aliphatic carbocycles. The molecule has 0 spiro atoms. The number of benzene rings is 2. The summed E-state index contributed by atoms with van der Waals surface area (Å²) in [5, 5.41) is 16.5. The number of hydrogen-bond acceptors (Lipinski definition) is 7. The Labute approximate surface area is 251 Å². The molecule has 230 valence electrons. The van der Waals surface area contributed by atoms with E-state index in [-0.39, 0.29) is 17.7 Å². The second kappa shape index (κ2) is 14.8. The number of Topliss-reactive ketones (excluding diaryl/α,β-unsaturated/α-hetero) is 1. The fraction of sp³-hybridized carbons (Fsp3) is 0.290. The Kier molecular flexibility index (Phi) is 11.2. The number of ether oxygens (including phenoxy) is 1. The lowest BCUT2D eigenvalue weighted by Crippen LogP contribution is -2.55. The van der Waals surface area contributed by atoms with Gasteiger partial charge in [0.1, 0.15) is 23.5 Å². The molecular formula is C31H30F3N5O5. The number of alkyl halides is 3. The fourth-order valence-corrected chi connectivity index (χ4v) is 4.23. The molecule has 0 aliphatic heterocycles. The van der Waals surface area contributed by atoms with Gasteiger partial charge in [0.2, 0.25) is 11.8 Å². The summed E-state index contributed by atoms with van der Waals surface area (Å²) in [6, 6.07) is 13.9. The second-order valence-corrected chi connectivity index (χ2v) is 10.1. The number of carbonyl (C=O) groups excluding carboxylic acids is 4. The minimum absolute atomic E-state index is 0.00552. The summed E-state index contributed by atoms with van der Waals surface area (Å²) in [7, 11) is 1.41. The number of nitrogens with zero attached hydrogens (tertiary/aromatic N) is 2. The first kappa shape index (κ1) is 33.3. The van der Waals surface area contributed by atoms with Crippen LogP contribution in [0.25, 0.3) is 0 Å². The van der Waals surface area contributed by atoms with Gasteiger partial charge < -0.3 is 20.7 Å². The van der Waals surface area contributed by atoms with E-state index >= 15 is 0 Å². The van der Waals surface area contributed by atoms with Gasteiger partial charge >= 0.3 is 6.18 Å². The number of pyridine rings is 1. The summed E-state index contributed by atoms with van der Waals surface area (Å²) in [4.78, 5) is 56.3. The number of ketones is 1. The molecule has 3 amide bonds. The Morgan fingerprint density at radius 2 is 1.64 bits per heavy atom. The highest BCUT2D eigenvalue weighted by Gasteiger charge is 2.45. The Bertz CT molecular complexity index is 1520. The summed E-state index contributed by atoms with van der Waals surface area (Å²) >= 11 is 0. The van der Waals surface area contributed by atoms with E-state index in [1.165, 1.54) is 63.6 Å². The third kappa shape index (κ3) is 8.87. The molecule has 1 aromatic heterocycles. The van der Waals surface area contributed by atoms with E-state index in [1.807, 2.05) is 6.07 Å².